The topological polar surface area (TPSA) is 130 Å². The van der Waals surface area contributed by atoms with E-state index in [1.54, 1.807) is 72.8 Å². The van der Waals surface area contributed by atoms with Gasteiger partial charge >= 0.3 is 0 Å². The van der Waals surface area contributed by atoms with Crippen molar-refractivity contribution in [3.63, 3.8) is 0 Å². The molecule has 8 nitrogen and oxygen atoms in total. The van der Waals surface area contributed by atoms with Gasteiger partial charge in [0.15, 0.2) is 0 Å². The number of nitrogens with two attached hydrogens (primary N) is 1. The summed E-state index contributed by atoms with van der Waals surface area (Å²) in [6.45, 7) is 0. The van der Waals surface area contributed by atoms with Crippen molar-refractivity contribution in [3.05, 3.63) is 154 Å². The average Bonchev–Trinajstić information content (AvgIpc) is 3.58. The maximum atomic E-state index is 13.5. The number of rotatable bonds is 11. The number of anilines is 2. The van der Waals surface area contributed by atoms with Crippen molar-refractivity contribution in [1.29, 1.82) is 0 Å². The molecule has 0 fully saturated rings. The van der Waals surface area contributed by atoms with Gasteiger partial charge in [-0.15, -0.1) is 23.1 Å². The molecule has 1 heterocycles. The SMILES string of the molecule is NC(=O)c1ccc(NC(=O)C(Sc2cccc(NC(=O)/C(=C/c3cccs3)NC(=O)c3ccccc3)c2)c2ccccc2)cc1. The molecule has 0 spiro atoms. The number of nitrogens with one attached hydrogen (secondary N) is 3. The van der Waals surface area contributed by atoms with Crippen LogP contribution in [-0.2, 0) is 9.59 Å². The lowest BCUT2D eigenvalue weighted by Gasteiger charge is -2.18. The molecule has 0 saturated carbocycles. The van der Waals surface area contributed by atoms with Gasteiger partial charge in [-0.3, -0.25) is 19.2 Å². The number of thiophene rings is 1. The highest BCUT2D eigenvalue weighted by Gasteiger charge is 2.23. The Balaban J connectivity index is 1.34. The lowest BCUT2D eigenvalue weighted by molar-refractivity contribution is -0.116. The quantitative estimate of drug-likeness (QED) is 0.0948. The highest BCUT2D eigenvalue weighted by atomic mass is 32.2. The summed E-state index contributed by atoms with van der Waals surface area (Å²) in [5.41, 5.74) is 7.99. The highest BCUT2D eigenvalue weighted by molar-refractivity contribution is 8.00. The Bertz CT molecular complexity index is 1830. The number of hydrogen-bond donors (Lipinski definition) is 4. The van der Waals surface area contributed by atoms with Crippen LogP contribution in [0.5, 0.6) is 0 Å². The fourth-order valence-electron chi connectivity index (χ4n) is 4.27. The summed E-state index contributed by atoms with van der Waals surface area (Å²) in [5.74, 6) is -1.71. The molecule has 0 aliphatic heterocycles. The van der Waals surface area contributed by atoms with Gasteiger partial charge in [0, 0.05) is 32.3 Å². The Morgan fingerprint density at radius 1 is 0.711 bits per heavy atom. The zero-order valence-electron chi connectivity index (χ0n) is 23.8. The molecule has 224 valence electrons. The molecule has 0 saturated heterocycles. The first-order valence-electron chi connectivity index (χ1n) is 13.8. The van der Waals surface area contributed by atoms with E-state index in [1.165, 1.54) is 23.1 Å². The molecule has 4 aromatic carbocycles. The summed E-state index contributed by atoms with van der Waals surface area (Å²) in [5, 5.41) is 9.79. The number of thioether (sulfide) groups is 1. The Morgan fingerprint density at radius 3 is 2.09 bits per heavy atom. The van der Waals surface area contributed by atoms with Gasteiger partial charge in [-0.1, -0.05) is 60.7 Å². The summed E-state index contributed by atoms with van der Waals surface area (Å²) >= 11 is 2.76. The van der Waals surface area contributed by atoms with Crippen LogP contribution in [-0.4, -0.2) is 23.6 Å². The van der Waals surface area contributed by atoms with E-state index < -0.39 is 23.0 Å². The van der Waals surface area contributed by atoms with E-state index in [9.17, 15) is 19.2 Å². The monoisotopic (exact) mass is 632 g/mol. The van der Waals surface area contributed by atoms with Crippen LogP contribution >= 0.6 is 23.1 Å². The third kappa shape index (κ3) is 8.56. The van der Waals surface area contributed by atoms with E-state index in [0.29, 0.717) is 22.5 Å². The van der Waals surface area contributed by atoms with Crippen LogP contribution in [0.4, 0.5) is 11.4 Å². The van der Waals surface area contributed by atoms with Gasteiger partial charge in [0.25, 0.3) is 11.8 Å². The fourth-order valence-corrected chi connectivity index (χ4v) is 6.01. The summed E-state index contributed by atoms with van der Waals surface area (Å²) in [6.07, 6.45) is 1.63. The second-order valence-electron chi connectivity index (χ2n) is 9.71. The number of primary amides is 1. The van der Waals surface area contributed by atoms with Crippen LogP contribution in [0.3, 0.4) is 0 Å². The van der Waals surface area contributed by atoms with Crippen molar-refractivity contribution < 1.29 is 19.2 Å². The van der Waals surface area contributed by atoms with E-state index in [1.807, 2.05) is 60.0 Å². The molecule has 4 amide bonds. The summed E-state index contributed by atoms with van der Waals surface area (Å²) in [6, 6.07) is 35.2. The standard InChI is InChI=1S/C35H28N4O4S2/c36-32(40)24-16-18-26(19-17-24)37-35(43)31(23-9-3-1-4-10-23)45-29-14-7-13-27(21-29)38-34(42)30(22-28-15-8-20-44-28)39-33(41)25-11-5-2-6-12-25/h1-22,31H,(H2,36,40)(H,37,43)(H,38,42)(H,39,41)/b30-22-. The third-order valence-corrected chi connectivity index (χ3v) is 8.55. The van der Waals surface area contributed by atoms with E-state index in [4.69, 9.17) is 5.73 Å². The van der Waals surface area contributed by atoms with Crippen LogP contribution in [0.15, 0.2) is 137 Å². The van der Waals surface area contributed by atoms with E-state index in [-0.39, 0.29) is 11.6 Å². The van der Waals surface area contributed by atoms with Crippen molar-refractivity contribution in [2.75, 3.05) is 10.6 Å². The largest absolute Gasteiger partial charge is 0.366 e. The maximum Gasteiger partial charge on any atom is 0.272 e. The molecule has 0 radical (unpaired) electrons. The van der Waals surface area contributed by atoms with Crippen molar-refractivity contribution in [2.45, 2.75) is 10.1 Å². The van der Waals surface area contributed by atoms with Gasteiger partial charge in [0.2, 0.25) is 11.8 Å². The van der Waals surface area contributed by atoms with Crippen molar-refractivity contribution in [3.8, 4) is 0 Å². The van der Waals surface area contributed by atoms with E-state index in [2.05, 4.69) is 16.0 Å². The Labute approximate surface area is 268 Å². The molecule has 0 aliphatic rings. The van der Waals surface area contributed by atoms with Crippen LogP contribution < -0.4 is 21.7 Å². The number of carbonyl (C=O) groups excluding carboxylic acids is 4. The molecule has 5 aromatic rings. The van der Waals surface area contributed by atoms with Gasteiger partial charge in [0.05, 0.1) is 0 Å². The Hall–Kier alpha value is -5.45. The minimum atomic E-state index is -0.632. The van der Waals surface area contributed by atoms with Crippen molar-refractivity contribution >= 4 is 64.2 Å². The number of carbonyl (C=O) groups is 4. The molecule has 5 N–H and O–H groups in total. The maximum absolute atomic E-state index is 13.5. The molecule has 1 unspecified atom stereocenters. The zero-order chi connectivity index (χ0) is 31.6. The molecular formula is C35H28N4O4S2. The number of benzene rings is 4. The first-order valence-corrected chi connectivity index (χ1v) is 15.6. The zero-order valence-corrected chi connectivity index (χ0v) is 25.4. The molecule has 5 rings (SSSR count). The third-order valence-electron chi connectivity index (χ3n) is 6.48. The summed E-state index contributed by atoms with van der Waals surface area (Å²) in [4.78, 5) is 52.8. The molecule has 0 aliphatic carbocycles. The first kappa shape index (κ1) is 31.0. The van der Waals surface area contributed by atoms with Crippen LogP contribution in [0.2, 0.25) is 0 Å². The molecular weight excluding hydrogens is 605 g/mol. The van der Waals surface area contributed by atoms with E-state index >= 15 is 0 Å². The first-order chi connectivity index (χ1) is 21.9. The van der Waals surface area contributed by atoms with Gasteiger partial charge in [-0.05, 0) is 77.7 Å². The molecule has 1 aromatic heterocycles. The van der Waals surface area contributed by atoms with Gasteiger partial charge in [-0.25, -0.2) is 0 Å². The smallest absolute Gasteiger partial charge is 0.272 e. The van der Waals surface area contributed by atoms with Crippen LogP contribution in [0, 0.1) is 0 Å². The predicted octanol–water partition coefficient (Wildman–Crippen LogP) is 6.73. The van der Waals surface area contributed by atoms with Crippen molar-refractivity contribution in [2.24, 2.45) is 5.73 Å². The molecule has 45 heavy (non-hydrogen) atoms. The van der Waals surface area contributed by atoms with Crippen LogP contribution in [0.1, 0.15) is 36.4 Å². The summed E-state index contributed by atoms with van der Waals surface area (Å²) < 4.78 is 0. The second kappa shape index (κ2) is 14.8. The van der Waals surface area contributed by atoms with Crippen LogP contribution in [0.25, 0.3) is 6.08 Å². The van der Waals surface area contributed by atoms with Gasteiger partial charge < -0.3 is 21.7 Å². The van der Waals surface area contributed by atoms with Gasteiger partial charge in [-0.2, -0.15) is 0 Å². The molecule has 0 bridgehead atoms. The predicted molar refractivity (Wildman–Crippen MR) is 180 cm³/mol. The number of amides is 4. The fraction of sp³-hybridized carbons (Fsp3) is 0.0286. The highest BCUT2D eigenvalue weighted by Crippen LogP contribution is 2.37. The average molecular weight is 633 g/mol. The summed E-state index contributed by atoms with van der Waals surface area (Å²) in [7, 11) is 0. The lowest BCUT2D eigenvalue weighted by Crippen LogP contribution is -2.30. The Morgan fingerprint density at radius 2 is 1.42 bits per heavy atom. The lowest BCUT2D eigenvalue weighted by atomic mass is 10.1. The van der Waals surface area contributed by atoms with E-state index in [0.717, 1.165) is 15.3 Å². The minimum absolute atomic E-state index is 0.0910. The van der Waals surface area contributed by atoms with Crippen molar-refractivity contribution in [1.82, 2.24) is 5.32 Å². The Kier molecular flexibility index (Phi) is 10.2. The molecule has 10 heteroatoms. The second-order valence-corrected chi connectivity index (χ2v) is 11.9. The number of hydrogen-bond acceptors (Lipinski definition) is 6. The molecule has 1 atom stereocenters. The normalized spacial score (nSPS) is 11.7. The minimum Gasteiger partial charge on any atom is -0.366 e. The van der Waals surface area contributed by atoms with Gasteiger partial charge in [0.1, 0.15) is 10.9 Å².